The second-order valence-electron chi connectivity index (χ2n) is 7.98. The highest BCUT2D eigenvalue weighted by atomic mass is 16.5. The van der Waals surface area contributed by atoms with Gasteiger partial charge in [0.1, 0.15) is 11.5 Å². The number of morpholine rings is 1. The fraction of sp³-hybridized carbons (Fsp3) is 0.192. The number of hydrogen-bond acceptors (Lipinski definition) is 5. The van der Waals surface area contributed by atoms with Crippen LogP contribution in [0.2, 0.25) is 0 Å². The first kappa shape index (κ1) is 20.9. The van der Waals surface area contributed by atoms with Crippen LogP contribution in [0.4, 0.5) is 11.5 Å². The summed E-state index contributed by atoms with van der Waals surface area (Å²) in [4.78, 5) is 32.9. The molecule has 4 aromatic rings. The highest BCUT2D eigenvalue weighted by Gasteiger charge is 2.23. The molecule has 33 heavy (non-hydrogen) atoms. The topological polar surface area (TPSA) is 76.5 Å². The van der Waals surface area contributed by atoms with E-state index in [-0.39, 0.29) is 11.3 Å². The molecule has 7 heteroatoms. The monoisotopic (exact) mass is 440 g/mol. The van der Waals surface area contributed by atoms with Crippen molar-refractivity contribution >= 4 is 28.4 Å². The molecule has 1 amide bonds. The number of amides is 1. The minimum absolute atomic E-state index is 0.147. The fourth-order valence-corrected chi connectivity index (χ4v) is 4.13. The highest BCUT2D eigenvalue weighted by molar-refractivity contribution is 5.96. The molecule has 0 spiro atoms. The molecule has 1 fully saturated rings. The van der Waals surface area contributed by atoms with Gasteiger partial charge in [-0.3, -0.25) is 14.2 Å². The minimum Gasteiger partial charge on any atom is -0.378 e. The Morgan fingerprint density at radius 2 is 1.64 bits per heavy atom. The summed E-state index contributed by atoms with van der Waals surface area (Å²) in [5.74, 6) is 0.421. The number of nitrogens with one attached hydrogen (secondary N) is 1. The van der Waals surface area contributed by atoms with Crippen molar-refractivity contribution in [2.24, 2.45) is 0 Å². The van der Waals surface area contributed by atoms with Crippen molar-refractivity contribution < 1.29 is 9.53 Å². The van der Waals surface area contributed by atoms with Crippen molar-refractivity contribution in [2.45, 2.75) is 6.92 Å². The Morgan fingerprint density at radius 3 is 2.33 bits per heavy atom. The summed E-state index contributed by atoms with van der Waals surface area (Å²) < 4.78 is 7.27. The second-order valence-corrected chi connectivity index (χ2v) is 7.98. The molecule has 0 unspecified atom stereocenters. The van der Waals surface area contributed by atoms with E-state index in [1.165, 1.54) is 0 Å². The van der Waals surface area contributed by atoms with Gasteiger partial charge in [0.25, 0.3) is 5.91 Å². The third-order valence-corrected chi connectivity index (χ3v) is 5.74. The molecule has 0 aliphatic carbocycles. The zero-order chi connectivity index (χ0) is 22.8. The number of fused-ring (bicyclic) bond motifs is 1. The maximum Gasteiger partial charge on any atom is 0.272 e. The summed E-state index contributed by atoms with van der Waals surface area (Å²) in [7, 11) is 0. The quantitative estimate of drug-likeness (QED) is 0.521. The Morgan fingerprint density at radius 1 is 0.970 bits per heavy atom. The van der Waals surface area contributed by atoms with Crippen LogP contribution in [0.15, 0.2) is 77.6 Å². The van der Waals surface area contributed by atoms with E-state index in [0.717, 1.165) is 16.9 Å². The van der Waals surface area contributed by atoms with E-state index < -0.39 is 0 Å². The summed E-state index contributed by atoms with van der Waals surface area (Å²) >= 11 is 0. The van der Waals surface area contributed by atoms with E-state index in [1.807, 2.05) is 72.2 Å². The lowest BCUT2D eigenvalue weighted by Crippen LogP contribution is -2.41. The molecule has 2 aromatic carbocycles. The first-order valence-corrected chi connectivity index (χ1v) is 10.9. The second kappa shape index (κ2) is 8.88. The van der Waals surface area contributed by atoms with Crippen LogP contribution in [0.5, 0.6) is 0 Å². The number of pyridine rings is 2. The van der Waals surface area contributed by atoms with Gasteiger partial charge in [0.05, 0.1) is 18.6 Å². The molecule has 1 N–H and O–H groups in total. The Hall–Kier alpha value is -3.97. The fourth-order valence-electron chi connectivity index (χ4n) is 4.13. The number of carbonyl (C=O) groups is 1. The molecule has 0 atom stereocenters. The number of rotatable bonds is 4. The molecule has 1 aliphatic heterocycles. The SMILES string of the molecule is Cc1cc(C(=O)N2CCOCC2)nc2c1c(=O)cc(Nc1ccccc1)n2-c1ccccc1. The molecule has 2 aromatic heterocycles. The number of aromatic nitrogens is 2. The summed E-state index contributed by atoms with van der Waals surface area (Å²) in [6.45, 7) is 3.93. The van der Waals surface area contributed by atoms with Crippen molar-refractivity contribution in [3.05, 3.63) is 94.3 Å². The normalized spacial score (nSPS) is 13.8. The molecule has 7 nitrogen and oxygen atoms in total. The van der Waals surface area contributed by atoms with E-state index in [4.69, 9.17) is 9.72 Å². The van der Waals surface area contributed by atoms with Gasteiger partial charge in [0, 0.05) is 30.5 Å². The van der Waals surface area contributed by atoms with Gasteiger partial charge in [-0.2, -0.15) is 0 Å². The van der Waals surface area contributed by atoms with Crippen molar-refractivity contribution in [3.63, 3.8) is 0 Å². The number of nitrogens with zero attached hydrogens (tertiary/aromatic N) is 3. The van der Waals surface area contributed by atoms with Crippen molar-refractivity contribution in [1.29, 1.82) is 0 Å². The Labute approximate surface area is 191 Å². The maximum atomic E-state index is 13.2. The van der Waals surface area contributed by atoms with Crippen molar-refractivity contribution in [2.75, 3.05) is 31.6 Å². The Bertz CT molecular complexity index is 1360. The van der Waals surface area contributed by atoms with Gasteiger partial charge in [-0.25, -0.2) is 4.98 Å². The van der Waals surface area contributed by atoms with E-state index in [9.17, 15) is 9.59 Å². The van der Waals surface area contributed by atoms with Gasteiger partial charge in [0.15, 0.2) is 11.1 Å². The van der Waals surface area contributed by atoms with Crippen LogP contribution in [0, 0.1) is 6.92 Å². The van der Waals surface area contributed by atoms with Gasteiger partial charge >= 0.3 is 0 Å². The largest absolute Gasteiger partial charge is 0.378 e. The average Bonchev–Trinajstić information content (AvgIpc) is 2.85. The highest BCUT2D eigenvalue weighted by Crippen LogP contribution is 2.26. The van der Waals surface area contributed by atoms with Crippen LogP contribution in [-0.4, -0.2) is 46.7 Å². The predicted molar refractivity (Wildman–Crippen MR) is 129 cm³/mol. The lowest BCUT2D eigenvalue weighted by atomic mass is 10.1. The van der Waals surface area contributed by atoms with Crippen LogP contribution < -0.4 is 10.7 Å². The van der Waals surface area contributed by atoms with Crippen LogP contribution in [0.25, 0.3) is 16.7 Å². The molecule has 3 heterocycles. The maximum absolute atomic E-state index is 13.2. The minimum atomic E-state index is -0.156. The summed E-state index contributed by atoms with van der Waals surface area (Å²) in [5.41, 5.74) is 3.03. The molecular formula is C26H24N4O3. The summed E-state index contributed by atoms with van der Waals surface area (Å²) in [6, 6.07) is 22.6. The van der Waals surface area contributed by atoms with Gasteiger partial charge in [-0.1, -0.05) is 36.4 Å². The van der Waals surface area contributed by atoms with E-state index >= 15 is 0 Å². The number of aryl methyl sites for hydroxylation is 1. The van der Waals surface area contributed by atoms with Crippen LogP contribution in [-0.2, 0) is 4.74 Å². The van der Waals surface area contributed by atoms with Crippen molar-refractivity contribution in [1.82, 2.24) is 14.5 Å². The van der Waals surface area contributed by atoms with Crippen LogP contribution in [0.1, 0.15) is 16.1 Å². The molecule has 5 rings (SSSR count). The van der Waals surface area contributed by atoms with Crippen LogP contribution >= 0.6 is 0 Å². The number of carbonyl (C=O) groups excluding carboxylic acids is 1. The third-order valence-electron chi connectivity index (χ3n) is 5.74. The van der Waals surface area contributed by atoms with Gasteiger partial charge in [-0.15, -0.1) is 0 Å². The number of para-hydroxylation sites is 2. The molecule has 0 saturated carbocycles. The molecule has 0 radical (unpaired) electrons. The molecule has 1 saturated heterocycles. The lowest BCUT2D eigenvalue weighted by molar-refractivity contribution is 0.0299. The average molecular weight is 441 g/mol. The molecule has 1 aliphatic rings. The first-order valence-electron chi connectivity index (χ1n) is 10.9. The zero-order valence-electron chi connectivity index (χ0n) is 18.3. The predicted octanol–water partition coefficient (Wildman–Crippen LogP) is 3.91. The smallest absolute Gasteiger partial charge is 0.272 e. The number of benzene rings is 2. The standard InChI is InChI=1S/C26H24N4O3/c1-18-16-21(26(32)29-12-14-33-15-13-29)28-25-24(18)22(31)17-23(27-19-8-4-2-5-9-19)30(25)20-10-6-3-7-11-20/h2-11,16-17,27H,12-15H2,1H3. The number of ether oxygens (including phenoxy) is 1. The zero-order valence-corrected chi connectivity index (χ0v) is 18.3. The summed E-state index contributed by atoms with van der Waals surface area (Å²) in [6.07, 6.45) is 0. The van der Waals surface area contributed by atoms with E-state index in [0.29, 0.717) is 48.8 Å². The Kier molecular flexibility index (Phi) is 5.62. The molecular weight excluding hydrogens is 416 g/mol. The van der Waals surface area contributed by atoms with Gasteiger partial charge < -0.3 is 15.0 Å². The number of hydrogen-bond donors (Lipinski definition) is 1. The van der Waals surface area contributed by atoms with Gasteiger partial charge in [0.2, 0.25) is 0 Å². The lowest BCUT2D eigenvalue weighted by Gasteiger charge is -2.27. The summed E-state index contributed by atoms with van der Waals surface area (Å²) in [5, 5.41) is 3.84. The molecule has 166 valence electrons. The Balaban J connectivity index is 1.74. The third kappa shape index (κ3) is 4.10. The van der Waals surface area contributed by atoms with Crippen LogP contribution in [0.3, 0.4) is 0 Å². The first-order chi connectivity index (χ1) is 16.1. The van der Waals surface area contributed by atoms with E-state index in [1.54, 1.807) is 17.0 Å². The van der Waals surface area contributed by atoms with Crippen molar-refractivity contribution in [3.8, 4) is 5.69 Å². The molecule has 0 bridgehead atoms. The number of anilines is 2. The van der Waals surface area contributed by atoms with Gasteiger partial charge in [-0.05, 0) is 42.8 Å². The van der Waals surface area contributed by atoms with E-state index in [2.05, 4.69) is 5.32 Å².